The summed E-state index contributed by atoms with van der Waals surface area (Å²) in [6.45, 7) is 11.8. The molecule has 0 heterocycles. The molecule has 0 N–H and O–H groups in total. The highest BCUT2D eigenvalue weighted by Gasteiger charge is 2.26. The molecule has 0 saturated carbocycles. The van der Waals surface area contributed by atoms with Gasteiger partial charge in [0, 0.05) is 0 Å². The van der Waals surface area contributed by atoms with Gasteiger partial charge in [0.15, 0.2) is 0 Å². The van der Waals surface area contributed by atoms with E-state index in [2.05, 4.69) is 34.6 Å². The molecule has 0 unspecified atom stereocenters. The fraction of sp³-hybridized carbons (Fsp3) is 1.00. The van der Waals surface area contributed by atoms with Gasteiger partial charge in [-0.15, -0.1) is 0 Å². The van der Waals surface area contributed by atoms with Crippen molar-refractivity contribution in [1.82, 2.24) is 0 Å². The molecule has 0 rings (SSSR count). The molecule has 0 aliphatic rings. The zero-order chi connectivity index (χ0) is 8.36. The van der Waals surface area contributed by atoms with Gasteiger partial charge in [-0.25, -0.2) is 0 Å². The highest BCUT2D eigenvalue weighted by molar-refractivity contribution is 5.97. The molecule has 0 aromatic heterocycles. The Labute approximate surface area is 66.4 Å². The van der Waals surface area contributed by atoms with Gasteiger partial charge in [-0.3, -0.25) is 0 Å². The lowest BCUT2D eigenvalue weighted by molar-refractivity contribution is -0.859. The van der Waals surface area contributed by atoms with Gasteiger partial charge in [-0.1, -0.05) is 0 Å². The third-order valence-corrected chi connectivity index (χ3v) is 2.47. The summed E-state index contributed by atoms with van der Waals surface area (Å²) in [5, 5.41) is 0. The zero-order valence-corrected chi connectivity index (χ0v) is 7.89. The minimum atomic E-state index is 0.519. The monoisotopic (exact) mass is 140 g/mol. The number of rotatable bonds is 3. The van der Waals surface area contributed by atoms with Crippen LogP contribution in [0.3, 0.4) is 0 Å². The lowest BCUT2D eigenvalue weighted by atomic mass is 10.0. The molecule has 0 atom stereocenters. The average Bonchev–Trinajstić information content (AvgIpc) is 1.85. The lowest BCUT2D eigenvalue weighted by Crippen LogP contribution is -2.55. The van der Waals surface area contributed by atoms with Crippen molar-refractivity contribution in [3.05, 3.63) is 0 Å². The van der Waals surface area contributed by atoms with E-state index in [1.165, 1.54) is 0 Å². The summed E-state index contributed by atoms with van der Waals surface area (Å²) in [5.74, 6) is 0. The van der Waals surface area contributed by atoms with Gasteiger partial charge in [-0.05, 0) is 34.6 Å². The highest BCUT2D eigenvalue weighted by Crippen LogP contribution is 2.13. The first-order valence-electron chi connectivity index (χ1n) is 4.11. The number of hydrogen-bond acceptors (Lipinski definition) is 0. The van der Waals surface area contributed by atoms with Crippen LogP contribution >= 0.6 is 0 Å². The van der Waals surface area contributed by atoms with Crippen molar-refractivity contribution in [3.8, 4) is 0 Å². The molecule has 0 amide bonds. The van der Waals surface area contributed by atoms with Gasteiger partial charge in [-0.2, -0.15) is 0 Å². The fourth-order valence-electron chi connectivity index (χ4n) is 1.33. The van der Waals surface area contributed by atoms with Gasteiger partial charge in [0.1, 0.15) is 0 Å². The summed E-state index contributed by atoms with van der Waals surface area (Å²) in [7, 11) is 6.12. The number of quaternary nitrogens is 1. The van der Waals surface area contributed by atoms with Crippen molar-refractivity contribution in [3.63, 3.8) is 0 Å². The summed E-state index contributed by atoms with van der Waals surface area (Å²) >= 11 is 0. The highest BCUT2D eigenvalue weighted by atomic mass is 15.3. The van der Waals surface area contributed by atoms with E-state index >= 15 is 0 Å². The van der Waals surface area contributed by atoms with Crippen molar-refractivity contribution in [2.45, 2.75) is 46.7 Å². The van der Waals surface area contributed by atoms with Crippen LogP contribution in [-0.2, 0) is 0 Å². The van der Waals surface area contributed by atoms with Crippen LogP contribution < -0.4 is 0 Å². The van der Waals surface area contributed by atoms with E-state index in [4.69, 9.17) is 7.98 Å². The van der Waals surface area contributed by atoms with Crippen LogP contribution in [0.1, 0.15) is 34.6 Å². The van der Waals surface area contributed by atoms with Crippen molar-refractivity contribution in [1.29, 1.82) is 0 Å². The van der Waals surface area contributed by atoms with E-state index in [1.807, 2.05) is 0 Å². The van der Waals surface area contributed by atoms with E-state index in [0.29, 0.717) is 16.5 Å². The van der Waals surface area contributed by atoms with Crippen LogP contribution in [0, 0.1) is 0 Å². The van der Waals surface area contributed by atoms with Gasteiger partial charge < -0.3 is 4.39 Å². The Bertz CT molecular complexity index is 91.4. The average molecular weight is 140 g/mol. The molecule has 10 heavy (non-hydrogen) atoms. The second-order valence-corrected chi connectivity index (χ2v) is 3.50. The van der Waals surface area contributed by atoms with Crippen LogP contribution in [0.4, 0.5) is 0 Å². The molecule has 0 aliphatic heterocycles. The quantitative estimate of drug-likeness (QED) is 0.523. The Morgan fingerprint density at radius 3 is 1.40 bits per heavy atom. The normalized spacial score (nSPS) is 13.1. The molecular weight excluding hydrogens is 121 g/mol. The smallest absolute Gasteiger partial charge is 0.393 e. The molecular formula is C8H19BN+. The van der Waals surface area contributed by atoms with Crippen LogP contribution in [-0.4, -0.2) is 31.0 Å². The summed E-state index contributed by atoms with van der Waals surface area (Å²) in [5.41, 5.74) is 0. The molecule has 0 saturated heterocycles. The van der Waals surface area contributed by atoms with Gasteiger partial charge >= 0.3 is 7.98 Å². The van der Waals surface area contributed by atoms with E-state index < -0.39 is 0 Å². The number of nitrogens with zero attached hydrogens (tertiary/aromatic N) is 1. The molecule has 0 bridgehead atoms. The number of hydrogen-bond donors (Lipinski definition) is 0. The van der Waals surface area contributed by atoms with Gasteiger partial charge in [0.2, 0.25) is 0 Å². The zero-order valence-electron chi connectivity index (χ0n) is 7.89. The summed E-state index contributed by atoms with van der Waals surface area (Å²) in [6, 6.07) is 1.04. The maximum atomic E-state index is 6.12. The van der Waals surface area contributed by atoms with E-state index in [0.717, 1.165) is 6.54 Å². The third kappa shape index (κ3) is 1.75. The predicted octanol–water partition coefficient (Wildman–Crippen LogP) is 1.72. The second-order valence-electron chi connectivity index (χ2n) is 3.50. The predicted molar refractivity (Wildman–Crippen MR) is 46.8 cm³/mol. The van der Waals surface area contributed by atoms with Crippen molar-refractivity contribution < 1.29 is 4.39 Å². The van der Waals surface area contributed by atoms with Crippen LogP contribution in [0.25, 0.3) is 0 Å². The minimum Gasteiger partial charge on any atom is -0.393 e. The molecule has 0 fully saturated rings. The van der Waals surface area contributed by atoms with Crippen LogP contribution in [0.2, 0.25) is 0 Å². The summed E-state index contributed by atoms with van der Waals surface area (Å²) in [4.78, 5) is 0. The molecule has 0 aromatic carbocycles. The molecule has 58 valence electrons. The van der Waals surface area contributed by atoms with E-state index in [-0.39, 0.29) is 0 Å². The SMILES string of the molecule is [B][N+](CC)(C(C)C)C(C)C. The second kappa shape index (κ2) is 3.43. The Kier molecular flexibility index (Phi) is 3.43. The third-order valence-electron chi connectivity index (χ3n) is 2.47. The Morgan fingerprint density at radius 1 is 1.10 bits per heavy atom. The molecule has 0 aromatic rings. The Balaban J connectivity index is 4.23. The molecule has 0 aliphatic carbocycles. The van der Waals surface area contributed by atoms with Crippen LogP contribution in [0.5, 0.6) is 0 Å². The first-order chi connectivity index (χ1) is 4.45. The molecule has 2 radical (unpaired) electrons. The summed E-state index contributed by atoms with van der Waals surface area (Å²) in [6.07, 6.45) is 0. The van der Waals surface area contributed by atoms with Crippen LogP contribution in [0.15, 0.2) is 0 Å². The molecule has 2 heteroatoms. The fourth-order valence-corrected chi connectivity index (χ4v) is 1.33. The summed E-state index contributed by atoms with van der Waals surface area (Å²) < 4.78 is 0.681. The maximum absolute atomic E-state index is 6.12. The Morgan fingerprint density at radius 2 is 1.40 bits per heavy atom. The maximum Gasteiger partial charge on any atom is 0.481 e. The minimum absolute atomic E-state index is 0.519. The van der Waals surface area contributed by atoms with Crippen molar-refractivity contribution in [2.24, 2.45) is 0 Å². The van der Waals surface area contributed by atoms with E-state index in [1.54, 1.807) is 0 Å². The van der Waals surface area contributed by atoms with E-state index in [9.17, 15) is 0 Å². The topological polar surface area (TPSA) is 0 Å². The molecule has 1 nitrogen and oxygen atoms in total. The lowest BCUT2D eigenvalue weighted by Gasteiger charge is -2.42. The first-order valence-corrected chi connectivity index (χ1v) is 4.11. The van der Waals surface area contributed by atoms with Gasteiger partial charge in [0.05, 0.1) is 18.6 Å². The Hall–Kier alpha value is 0.0249. The van der Waals surface area contributed by atoms with Crippen molar-refractivity contribution in [2.75, 3.05) is 6.54 Å². The largest absolute Gasteiger partial charge is 0.481 e. The van der Waals surface area contributed by atoms with Crippen molar-refractivity contribution >= 4 is 7.98 Å². The van der Waals surface area contributed by atoms with Gasteiger partial charge in [0.25, 0.3) is 0 Å². The first kappa shape index (κ1) is 10.0. The standard InChI is InChI=1S/C8H19BN/c1-6-10(9,7(2)3)8(4)5/h7-8H,6H2,1-5H3/q+1. The molecule has 0 spiro atoms.